The van der Waals surface area contributed by atoms with Gasteiger partial charge in [0.2, 0.25) is 10.0 Å². The number of hydrogen-bond acceptors (Lipinski definition) is 5. The first-order valence-electron chi connectivity index (χ1n) is 7.44. The third-order valence-corrected chi connectivity index (χ3v) is 6.76. The number of nitrogens with one attached hydrogen (secondary N) is 1. The molecular weight excluding hydrogens is 324 g/mol. The normalized spacial score (nSPS) is 26.0. The Labute approximate surface area is 135 Å². The maximum absolute atomic E-state index is 12.4. The molecule has 1 saturated carbocycles. The molecule has 1 aliphatic carbocycles. The number of thiazole rings is 1. The Bertz CT molecular complexity index is 617. The van der Waals surface area contributed by atoms with Gasteiger partial charge < -0.3 is 5.11 Å². The molecule has 0 radical (unpaired) electrons. The first-order valence-corrected chi connectivity index (χ1v) is 9.86. The molecule has 0 amide bonds. The van der Waals surface area contributed by atoms with Crippen LogP contribution in [0.25, 0.3) is 0 Å². The van der Waals surface area contributed by atoms with E-state index in [1.54, 1.807) is 0 Å². The van der Waals surface area contributed by atoms with E-state index in [-0.39, 0.29) is 17.5 Å². The summed E-state index contributed by atoms with van der Waals surface area (Å²) in [6, 6.07) is 0. The van der Waals surface area contributed by atoms with Gasteiger partial charge in [-0.05, 0) is 31.1 Å². The highest BCUT2D eigenvalue weighted by atomic mass is 32.2. The summed E-state index contributed by atoms with van der Waals surface area (Å²) in [5, 5.41) is 10.6. The Kier molecular flexibility index (Phi) is 5.57. The molecule has 2 N–H and O–H groups in total. The SMILES string of the molecule is CC1CC(C)CC(S(=O)(=O)NCCc2nc(C(=O)O)cs2)C1. The highest BCUT2D eigenvalue weighted by Crippen LogP contribution is 2.32. The summed E-state index contributed by atoms with van der Waals surface area (Å²) in [6.45, 7) is 4.45. The second-order valence-corrected chi connectivity index (χ2v) is 9.15. The molecule has 1 aliphatic rings. The molecule has 0 saturated heterocycles. The smallest absolute Gasteiger partial charge is 0.355 e. The van der Waals surface area contributed by atoms with Gasteiger partial charge in [-0.25, -0.2) is 22.9 Å². The van der Waals surface area contributed by atoms with E-state index in [4.69, 9.17) is 5.11 Å². The fourth-order valence-corrected chi connectivity index (χ4v) is 5.63. The van der Waals surface area contributed by atoms with Crippen molar-refractivity contribution in [3.63, 3.8) is 0 Å². The van der Waals surface area contributed by atoms with Crippen molar-refractivity contribution in [2.45, 2.75) is 44.8 Å². The highest BCUT2D eigenvalue weighted by Gasteiger charge is 2.32. The zero-order valence-electron chi connectivity index (χ0n) is 12.8. The maximum Gasteiger partial charge on any atom is 0.355 e. The summed E-state index contributed by atoms with van der Waals surface area (Å²) in [5.74, 6) is -0.196. The third-order valence-electron chi connectivity index (χ3n) is 3.99. The highest BCUT2D eigenvalue weighted by molar-refractivity contribution is 7.90. The maximum atomic E-state index is 12.4. The lowest BCUT2D eigenvalue weighted by Gasteiger charge is -2.31. The van der Waals surface area contributed by atoms with E-state index >= 15 is 0 Å². The van der Waals surface area contributed by atoms with Crippen LogP contribution >= 0.6 is 11.3 Å². The van der Waals surface area contributed by atoms with Crippen LogP contribution in [0.3, 0.4) is 0 Å². The van der Waals surface area contributed by atoms with Gasteiger partial charge in [0.05, 0.1) is 10.3 Å². The van der Waals surface area contributed by atoms with Crippen LogP contribution in [0.15, 0.2) is 5.38 Å². The van der Waals surface area contributed by atoms with E-state index in [1.165, 1.54) is 16.7 Å². The van der Waals surface area contributed by atoms with E-state index in [0.717, 1.165) is 6.42 Å². The van der Waals surface area contributed by atoms with Gasteiger partial charge in [-0.1, -0.05) is 13.8 Å². The van der Waals surface area contributed by atoms with Gasteiger partial charge in [0.15, 0.2) is 5.69 Å². The Hall–Kier alpha value is -0.990. The Morgan fingerprint density at radius 1 is 1.36 bits per heavy atom. The van der Waals surface area contributed by atoms with Crippen LogP contribution in [0, 0.1) is 11.8 Å². The van der Waals surface area contributed by atoms with Gasteiger partial charge in [-0.3, -0.25) is 0 Å². The molecule has 0 aliphatic heterocycles. The summed E-state index contributed by atoms with van der Waals surface area (Å²) in [6.07, 6.45) is 2.91. The second-order valence-electron chi connectivity index (χ2n) is 6.16. The van der Waals surface area contributed by atoms with Crippen LogP contribution in [0.4, 0.5) is 0 Å². The molecule has 6 nitrogen and oxygen atoms in total. The number of carboxylic acid groups (broad SMARTS) is 1. The van der Waals surface area contributed by atoms with Gasteiger partial charge in [0.1, 0.15) is 0 Å². The largest absolute Gasteiger partial charge is 0.476 e. The van der Waals surface area contributed by atoms with Crippen molar-refractivity contribution in [3.8, 4) is 0 Å². The molecule has 1 aromatic heterocycles. The van der Waals surface area contributed by atoms with Gasteiger partial charge in [-0.15, -0.1) is 11.3 Å². The van der Waals surface area contributed by atoms with Crippen molar-refractivity contribution in [2.75, 3.05) is 6.54 Å². The predicted molar refractivity (Wildman–Crippen MR) is 85.7 cm³/mol. The van der Waals surface area contributed by atoms with E-state index < -0.39 is 16.0 Å². The Morgan fingerprint density at radius 3 is 2.55 bits per heavy atom. The van der Waals surface area contributed by atoms with Gasteiger partial charge in [0, 0.05) is 18.3 Å². The lowest BCUT2D eigenvalue weighted by molar-refractivity contribution is 0.0691. The zero-order chi connectivity index (χ0) is 16.3. The minimum atomic E-state index is -3.32. The number of aromatic carboxylic acids is 1. The molecule has 1 aromatic rings. The van der Waals surface area contributed by atoms with Crippen LogP contribution in [0.5, 0.6) is 0 Å². The van der Waals surface area contributed by atoms with Crippen molar-refractivity contribution >= 4 is 27.3 Å². The monoisotopic (exact) mass is 346 g/mol. The quantitative estimate of drug-likeness (QED) is 0.822. The van der Waals surface area contributed by atoms with Crippen molar-refractivity contribution in [1.29, 1.82) is 0 Å². The van der Waals surface area contributed by atoms with Crippen LogP contribution in [0.2, 0.25) is 0 Å². The predicted octanol–water partition coefficient (Wildman–Crippen LogP) is 2.13. The summed E-state index contributed by atoms with van der Waals surface area (Å²) >= 11 is 1.24. The lowest BCUT2D eigenvalue weighted by atomic mass is 9.83. The molecule has 8 heteroatoms. The van der Waals surface area contributed by atoms with Crippen LogP contribution < -0.4 is 4.72 Å². The molecule has 0 spiro atoms. The molecule has 0 bridgehead atoms. The molecule has 124 valence electrons. The van der Waals surface area contributed by atoms with Gasteiger partial charge >= 0.3 is 5.97 Å². The van der Waals surface area contributed by atoms with Crippen molar-refractivity contribution in [2.24, 2.45) is 11.8 Å². The number of aromatic nitrogens is 1. The van der Waals surface area contributed by atoms with Crippen LogP contribution in [-0.4, -0.2) is 36.3 Å². The standard InChI is InChI=1S/C14H22N2O4S2/c1-9-5-10(2)7-11(6-9)22(19,20)15-4-3-13-16-12(8-21-13)14(17)18/h8-11,15H,3-7H2,1-2H3,(H,17,18). The van der Waals surface area contributed by atoms with Gasteiger partial charge in [0.25, 0.3) is 0 Å². The van der Waals surface area contributed by atoms with Gasteiger partial charge in [-0.2, -0.15) is 0 Å². The second kappa shape index (κ2) is 7.06. The fourth-order valence-electron chi connectivity index (χ4n) is 3.07. The molecule has 2 atom stereocenters. The molecule has 1 fully saturated rings. The Balaban J connectivity index is 1.88. The topological polar surface area (TPSA) is 96.4 Å². The molecular formula is C14H22N2O4S2. The third kappa shape index (κ3) is 4.50. The summed E-state index contributed by atoms with van der Waals surface area (Å²) in [5.41, 5.74) is 0.0118. The average molecular weight is 346 g/mol. The van der Waals surface area contributed by atoms with E-state index in [1.807, 2.05) is 0 Å². The summed E-state index contributed by atoms with van der Waals surface area (Å²) in [7, 11) is -3.32. The van der Waals surface area contributed by atoms with Crippen LogP contribution in [0.1, 0.15) is 48.6 Å². The number of nitrogens with zero attached hydrogens (tertiary/aromatic N) is 1. The minimum absolute atomic E-state index is 0.0118. The zero-order valence-corrected chi connectivity index (χ0v) is 14.4. The summed E-state index contributed by atoms with van der Waals surface area (Å²) < 4.78 is 27.4. The number of rotatable bonds is 6. The van der Waals surface area contributed by atoms with Crippen LogP contribution in [-0.2, 0) is 16.4 Å². The molecule has 2 rings (SSSR count). The lowest BCUT2D eigenvalue weighted by Crippen LogP contribution is -2.39. The number of carboxylic acids is 1. The molecule has 22 heavy (non-hydrogen) atoms. The summed E-state index contributed by atoms with van der Waals surface area (Å²) in [4.78, 5) is 14.7. The first kappa shape index (κ1) is 17.4. The number of hydrogen-bond donors (Lipinski definition) is 2. The van der Waals surface area contributed by atoms with Crippen molar-refractivity contribution < 1.29 is 18.3 Å². The minimum Gasteiger partial charge on any atom is -0.476 e. The number of sulfonamides is 1. The Morgan fingerprint density at radius 2 is 2.00 bits per heavy atom. The van der Waals surface area contributed by atoms with Crippen molar-refractivity contribution in [1.82, 2.24) is 9.71 Å². The van der Waals surface area contributed by atoms with E-state index in [9.17, 15) is 13.2 Å². The molecule has 1 heterocycles. The first-order chi connectivity index (χ1) is 10.3. The average Bonchev–Trinajstić information content (AvgIpc) is 2.86. The molecule has 0 aromatic carbocycles. The van der Waals surface area contributed by atoms with E-state index in [0.29, 0.717) is 36.1 Å². The fraction of sp³-hybridized carbons (Fsp3) is 0.714. The molecule has 2 unspecified atom stereocenters. The van der Waals surface area contributed by atoms with Crippen molar-refractivity contribution in [3.05, 3.63) is 16.1 Å². The number of carbonyl (C=O) groups is 1. The van der Waals surface area contributed by atoms with E-state index in [2.05, 4.69) is 23.6 Å².